The van der Waals surface area contributed by atoms with Crippen LogP contribution in [-0.4, -0.2) is 25.1 Å². The number of nitrogens with one attached hydrogen (secondary N) is 1. The van der Waals surface area contributed by atoms with Crippen LogP contribution in [0.2, 0.25) is 0 Å². The minimum absolute atomic E-state index is 0.374. The first kappa shape index (κ1) is 9.78. The molecule has 2 heterocycles. The maximum absolute atomic E-state index is 5.72. The predicted molar refractivity (Wildman–Crippen MR) is 58.1 cm³/mol. The number of aromatic nitrogens is 5. The zero-order valence-electron chi connectivity index (χ0n) is 8.35. The van der Waals surface area contributed by atoms with Gasteiger partial charge in [-0.2, -0.15) is 15.3 Å². The van der Waals surface area contributed by atoms with Crippen LogP contribution in [0.25, 0.3) is 11.4 Å². The zero-order chi connectivity index (χ0) is 11.0. The minimum atomic E-state index is 0.374. The van der Waals surface area contributed by atoms with E-state index in [0.29, 0.717) is 10.6 Å². The molecule has 0 radical (unpaired) electrons. The molecule has 0 aliphatic heterocycles. The summed E-state index contributed by atoms with van der Waals surface area (Å²) in [5, 5.41) is 14.6. The Bertz CT molecular complexity index is 554. The SMILES string of the molecule is Cc1cc(-c2n[nH]c(=S)n2N)c(C)nn1. The van der Waals surface area contributed by atoms with Gasteiger partial charge in [0.05, 0.1) is 11.4 Å². The van der Waals surface area contributed by atoms with Crippen molar-refractivity contribution < 1.29 is 0 Å². The summed E-state index contributed by atoms with van der Waals surface area (Å²) in [6.07, 6.45) is 0. The molecule has 15 heavy (non-hydrogen) atoms. The van der Waals surface area contributed by atoms with Gasteiger partial charge in [-0.15, -0.1) is 0 Å². The Balaban J connectivity index is 2.68. The van der Waals surface area contributed by atoms with E-state index in [-0.39, 0.29) is 0 Å². The quantitative estimate of drug-likeness (QED) is 0.548. The van der Waals surface area contributed by atoms with Crippen LogP contribution in [0.5, 0.6) is 0 Å². The molecule has 0 atom stereocenters. The van der Waals surface area contributed by atoms with Crippen molar-refractivity contribution in [3.8, 4) is 11.4 Å². The monoisotopic (exact) mass is 222 g/mol. The van der Waals surface area contributed by atoms with Crippen molar-refractivity contribution in [2.75, 3.05) is 5.84 Å². The van der Waals surface area contributed by atoms with Crippen molar-refractivity contribution in [1.82, 2.24) is 25.1 Å². The van der Waals surface area contributed by atoms with Gasteiger partial charge in [0.1, 0.15) is 0 Å². The molecule has 78 valence electrons. The van der Waals surface area contributed by atoms with Gasteiger partial charge in [-0.1, -0.05) is 0 Å². The molecule has 3 N–H and O–H groups in total. The lowest BCUT2D eigenvalue weighted by molar-refractivity contribution is 0.925. The fourth-order valence-electron chi connectivity index (χ4n) is 1.27. The Hall–Kier alpha value is -1.76. The Kier molecular flexibility index (Phi) is 2.24. The summed E-state index contributed by atoms with van der Waals surface area (Å²) in [6.45, 7) is 3.71. The predicted octanol–water partition coefficient (Wildman–Crippen LogP) is 0.728. The van der Waals surface area contributed by atoms with E-state index in [1.165, 1.54) is 4.68 Å². The van der Waals surface area contributed by atoms with Crippen molar-refractivity contribution >= 4 is 12.2 Å². The van der Waals surface area contributed by atoms with Gasteiger partial charge in [-0.05, 0) is 32.1 Å². The molecule has 0 spiro atoms. The fourth-order valence-corrected chi connectivity index (χ4v) is 1.40. The smallest absolute Gasteiger partial charge is 0.214 e. The van der Waals surface area contributed by atoms with E-state index < -0.39 is 0 Å². The Morgan fingerprint density at radius 1 is 1.40 bits per heavy atom. The van der Waals surface area contributed by atoms with Crippen LogP contribution < -0.4 is 5.84 Å². The minimum Gasteiger partial charge on any atom is -0.335 e. The topological polar surface area (TPSA) is 85.4 Å². The maximum atomic E-state index is 5.72. The van der Waals surface area contributed by atoms with Gasteiger partial charge in [0.25, 0.3) is 0 Å². The summed E-state index contributed by atoms with van der Waals surface area (Å²) < 4.78 is 1.69. The molecular formula is C8H10N6S. The number of rotatable bonds is 1. The second-order valence-corrected chi connectivity index (χ2v) is 3.59. The van der Waals surface area contributed by atoms with E-state index >= 15 is 0 Å². The third-order valence-corrected chi connectivity index (χ3v) is 2.33. The van der Waals surface area contributed by atoms with E-state index in [1.807, 2.05) is 19.9 Å². The lowest BCUT2D eigenvalue weighted by atomic mass is 10.2. The highest BCUT2D eigenvalue weighted by Crippen LogP contribution is 2.18. The zero-order valence-corrected chi connectivity index (χ0v) is 9.17. The van der Waals surface area contributed by atoms with E-state index in [2.05, 4.69) is 20.4 Å². The molecule has 2 rings (SSSR count). The summed E-state index contributed by atoms with van der Waals surface area (Å²) in [7, 11) is 0. The highest BCUT2D eigenvalue weighted by atomic mass is 32.1. The molecule has 0 unspecified atom stereocenters. The average Bonchev–Trinajstić information content (AvgIpc) is 2.52. The first-order valence-electron chi connectivity index (χ1n) is 4.33. The number of aromatic amines is 1. The van der Waals surface area contributed by atoms with E-state index in [9.17, 15) is 0 Å². The molecule has 7 heteroatoms. The normalized spacial score (nSPS) is 10.5. The van der Waals surface area contributed by atoms with Crippen molar-refractivity contribution in [1.29, 1.82) is 0 Å². The summed E-state index contributed by atoms with van der Waals surface area (Å²) in [5.74, 6) is 6.29. The van der Waals surface area contributed by atoms with Gasteiger partial charge in [-0.25, -0.2) is 9.77 Å². The summed E-state index contributed by atoms with van der Waals surface area (Å²) in [6, 6.07) is 1.87. The third kappa shape index (κ3) is 1.61. The molecule has 2 aromatic heterocycles. The number of nitrogens with two attached hydrogens (primary N) is 1. The number of hydrogen-bond acceptors (Lipinski definition) is 5. The molecule has 2 aromatic rings. The highest BCUT2D eigenvalue weighted by molar-refractivity contribution is 7.71. The number of H-pyrrole nitrogens is 1. The van der Waals surface area contributed by atoms with Gasteiger partial charge in [0.2, 0.25) is 4.77 Å². The third-order valence-electron chi connectivity index (χ3n) is 2.05. The number of aryl methyl sites for hydroxylation is 2. The van der Waals surface area contributed by atoms with Gasteiger partial charge in [-0.3, -0.25) is 0 Å². The van der Waals surface area contributed by atoms with Gasteiger partial charge >= 0.3 is 0 Å². The van der Waals surface area contributed by atoms with Crippen LogP contribution in [0.4, 0.5) is 0 Å². The molecule has 6 nitrogen and oxygen atoms in total. The van der Waals surface area contributed by atoms with Crippen LogP contribution >= 0.6 is 12.2 Å². The van der Waals surface area contributed by atoms with Gasteiger partial charge in [0, 0.05) is 5.56 Å². The number of nitrogens with zero attached hydrogens (tertiary/aromatic N) is 4. The molecule has 0 aromatic carbocycles. The van der Waals surface area contributed by atoms with Gasteiger partial charge in [0.15, 0.2) is 5.82 Å². The van der Waals surface area contributed by atoms with Gasteiger partial charge < -0.3 is 5.84 Å². The maximum Gasteiger partial charge on any atom is 0.214 e. The van der Waals surface area contributed by atoms with Crippen LogP contribution in [0.1, 0.15) is 11.4 Å². The molecule has 0 saturated heterocycles. The summed E-state index contributed by atoms with van der Waals surface area (Å²) in [4.78, 5) is 0. The molecule has 0 saturated carbocycles. The van der Waals surface area contributed by atoms with Crippen molar-refractivity contribution in [3.63, 3.8) is 0 Å². The standard InChI is InChI=1S/C8H10N6S/c1-4-3-6(5(2)11-10-4)7-12-13-8(15)14(7)9/h3H,9H2,1-2H3,(H,13,15). The van der Waals surface area contributed by atoms with E-state index in [1.54, 1.807) is 0 Å². The van der Waals surface area contributed by atoms with Crippen molar-refractivity contribution in [2.24, 2.45) is 0 Å². The molecule has 0 amide bonds. The summed E-state index contributed by atoms with van der Waals surface area (Å²) in [5.41, 5.74) is 2.41. The van der Waals surface area contributed by atoms with Crippen molar-refractivity contribution in [3.05, 3.63) is 22.2 Å². The first-order valence-corrected chi connectivity index (χ1v) is 4.74. The Morgan fingerprint density at radius 2 is 2.13 bits per heavy atom. The number of hydrogen-bond donors (Lipinski definition) is 2. The van der Waals surface area contributed by atoms with Crippen LogP contribution in [0.15, 0.2) is 6.07 Å². The van der Waals surface area contributed by atoms with Crippen LogP contribution in [0.3, 0.4) is 0 Å². The molecular weight excluding hydrogens is 212 g/mol. The Morgan fingerprint density at radius 3 is 2.73 bits per heavy atom. The molecule has 0 fully saturated rings. The average molecular weight is 222 g/mol. The second kappa shape index (κ2) is 3.43. The van der Waals surface area contributed by atoms with Crippen molar-refractivity contribution in [2.45, 2.75) is 13.8 Å². The summed E-state index contributed by atoms with van der Waals surface area (Å²) >= 11 is 4.93. The molecule has 0 aliphatic rings. The molecule has 0 bridgehead atoms. The fraction of sp³-hybridized carbons (Fsp3) is 0.250. The lowest BCUT2D eigenvalue weighted by Crippen LogP contribution is -2.11. The van der Waals surface area contributed by atoms with Crippen LogP contribution in [0, 0.1) is 18.6 Å². The largest absolute Gasteiger partial charge is 0.335 e. The number of nitrogen functional groups attached to an aromatic ring is 1. The highest BCUT2D eigenvalue weighted by Gasteiger charge is 2.10. The Labute approximate surface area is 91.1 Å². The molecule has 0 aliphatic carbocycles. The van der Waals surface area contributed by atoms with E-state index in [0.717, 1.165) is 17.0 Å². The first-order chi connectivity index (χ1) is 7.09. The van der Waals surface area contributed by atoms with Crippen LogP contribution in [-0.2, 0) is 0 Å². The van der Waals surface area contributed by atoms with E-state index in [4.69, 9.17) is 18.1 Å². The second-order valence-electron chi connectivity index (χ2n) is 3.21. The lowest BCUT2D eigenvalue weighted by Gasteiger charge is -2.03.